The molecule has 2 nitrogen and oxygen atoms in total. The van der Waals surface area contributed by atoms with Crippen LogP contribution in [-0.2, 0) is 6.54 Å². The molecule has 0 aromatic carbocycles. The van der Waals surface area contributed by atoms with Gasteiger partial charge in [0.1, 0.15) is 0 Å². The number of piperidine rings is 1. The molecule has 2 heterocycles. The molecule has 2 atom stereocenters. The van der Waals surface area contributed by atoms with Crippen molar-refractivity contribution in [2.45, 2.75) is 39.3 Å². The van der Waals surface area contributed by atoms with Crippen molar-refractivity contribution in [1.82, 2.24) is 4.90 Å². The van der Waals surface area contributed by atoms with Gasteiger partial charge in [0.25, 0.3) is 0 Å². The summed E-state index contributed by atoms with van der Waals surface area (Å²) in [6.07, 6.45) is 2.66. The van der Waals surface area contributed by atoms with E-state index in [0.29, 0.717) is 6.04 Å². The SMILES string of the molecule is Cc1ccc(CN2CCCC(C)C2CN)s1. The Morgan fingerprint density at radius 3 is 2.94 bits per heavy atom. The molecule has 0 spiro atoms. The standard InChI is InChI=1S/C13H22N2S/c1-10-4-3-7-15(13(10)8-14)9-12-6-5-11(2)16-12/h5-6,10,13H,3-4,7-9,14H2,1-2H3. The van der Waals surface area contributed by atoms with Crippen LogP contribution >= 0.6 is 11.3 Å². The van der Waals surface area contributed by atoms with Crippen molar-refractivity contribution < 1.29 is 0 Å². The monoisotopic (exact) mass is 238 g/mol. The fourth-order valence-corrected chi connectivity index (χ4v) is 3.60. The summed E-state index contributed by atoms with van der Waals surface area (Å²) in [4.78, 5) is 5.45. The molecule has 0 amide bonds. The lowest BCUT2D eigenvalue weighted by atomic mass is 9.91. The van der Waals surface area contributed by atoms with Crippen LogP contribution in [0.3, 0.4) is 0 Å². The lowest BCUT2D eigenvalue weighted by Crippen LogP contribution is -2.47. The predicted molar refractivity (Wildman–Crippen MR) is 70.7 cm³/mol. The first-order valence-electron chi connectivity index (χ1n) is 6.20. The van der Waals surface area contributed by atoms with Gasteiger partial charge in [0.05, 0.1) is 0 Å². The molecule has 16 heavy (non-hydrogen) atoms. The molecule has 1 fully saturated rings. The van der Waals surface area contributed by atoms with E-state index in [-0.39, 0.29) is 0 Å². The zero-order valence-electron chi connectivity index (χ0n) is 10.3. The van der Waals surface area contributed by atoms with Crippen molar-refractivity contribution in [3.8, 4) is 0 Å². The van der Waals surface area contributed by atoms with E-state index in [2.05, 4.69) is 30.9 Å². The summed E-state index contributed by atoms with van der Waals surface area (Å²) in [5.41, 5.74) is 5.90. The van der Waals surface area contributed by atoms with Gasteiger partial charge in [-0.3, -0.25) is 4.90 Å². The van der Waals surface area contributed by atoms with Gasteiger partial charge in [-0.2, -0.15) is 0 Å². The Balaban J connectivity index is 2.02. The van der Waals surface area contributed by atoms with E-state index in [4.69, 9.17) is 5.73 Å². The molecule has 1 saturated heterocycles. The Bertz CT molecular complexity index is 334. The van der Waals surface area contributed by atoms with Crippen LogP contribution in [0.15, 0.2) is 12.1 Å². The van der Waals surface area contributed by atoms with Gasteiger partial charge >= 0.3 is 0 Å². The van der Waals surface area contributed by atoms with E-state index in [1.807, 2.05) is 11.3 Å². The zero-order valence-corrected chi connectivity index (χ0v) is 11.1. The third kappa shape index (κ3) is 2.65. The van der Waals surface area contributed by atoms with Crippen LogP contribution in [0.2, 0.25) is 0 Å². The molecule has 90 valence electrons. The smallest absolute Gasteiger partial charge is 0.0331 e. The number of likely N-dealkylation sites (tertiary alicyclic amines) is 1. The Hall–Kier alpha value is -0.380. The molecule has 1 aliphatic heterocycles. The van der Waals surface area contributed by atoms with Crippen LogP contribution < -0.4 is 5.73 Å². The maximum Gasteiger partial charge on any atom is 0.0331 e. The van der Waals surface area contributed by atoms with Crippen LogP contribution in [0.5, 0.6) is 0 Å². The number of hydrogen-bond acceptors (Lipinski definition) is 3. The van der Waals surface area contributed by atoms with E-state index in [9.17, 15) is 0 Å². The molecule has 0 aliphatic carbocycles. The van der Waals surface area contributed by atoms with Gasteiger partial charge in [0, 0.05) is 28.9 Å². The van der Waals surface area contributed by atoms with E-state index in [1.54, 1.807) is 0 Å². The van der Waals surface area contributed by atoms with Gasteiger partial charge < -0.3 is 5.73 Å². The summed E-state index contributed by atoms with van der Waals surface area (Å²) in [5.74, 6) is 0.750. The summed E-state index contributed by atoms with van der Waals surface area (Å²) in [6, 6.07) is 5.05. The normalized spacial score (nSPS) is 27.2. The Kier molecular flexibility index (Phi) is 4.00. The van der Waals surface area contributed by atoms with Crippen molar-refractivity contribution in [2.24, 2.45) is 11.7 Å². The van der Waals surface area contributed by atoms with Crippen molar-refractivity contribution in [3.63, 3.8) is 0 Å². The molecule has 0 saturated carbocycles. The first-order valence-corrected chi connectivity index (χ1v) is 7.02. The molecule has 3 heteroatoms. The number of aryl methyl sites for hydroxylation is 1. The second kappa shape index (κ2) is 5.30. The molecular weight excluding hydrogens is 216 g/mol. The van der Waals surface area contributed by atoms with Crippen LogP contribution in [0.4, 0.5) is 0 Å². The molecule has 1 aromatic heterocycles. The second-order valence-electron chi connectivity index (χ2n) is 4.91. The molecule has 2 unspecified atom stereocenters. The maximum absolute atomic E-state index is 5.90. The second-order valence-corrected chi connectivity index (χ2v) is 6.28. The number of rotatable bonds is 3. The summed E-state index contributed by atoms with van der Waals surface area (Å²) < 4.78 is 0. The molecule has 0 bridgehead atoms. The number of thiophene rings is 1. The van der Waals surface area contributed by atoms with Crippen LogP contribution in [0, 0.1) is 12.8 Å². The minimum Gasteiger partial charge on any atom is -0.329 e. The minimum atomic E-state index is 0.580. The van der Waals surface area contributed by atoms with E-state index in [0.717, 1.165) is 19.0 Å². The molecule has 2 rings (SSSR count). The average Bonchev–Trinajstić information content (AvgIpc) is 2.64. The average molecular weight is 238 g/mol. The topological polar surface area (TPSA) is 29.3 Å². The first-order chi connectivity index (χ1) is 7.70. The third-order valence-electron chi connectivity index (χ3n) is 3.63. The Labute approximate surface area is 102 Å². The highest BCUT2D eigenvalue weighted by Gasteiger charge is 2.27. The lowest BCUT2D eigenvalue weighted by molar-refractivity contribution is 0.100. The van der Waals surface area contributed by atoms with Crippen LogP contribution in [0.25, 0.3) is 0 Å². The molecule has 2 N–H and O–H groups in total. The van der Waals surface area contributed by atoms with Gasteiger partial charge in [-0.05, 0) is 44.4 Å². The molecular formula is C13H22N2S. The van der Waals surface area contributed by atoms with Gasteiger partial charge in [0.15, 0.2) is 0 Å². The molecule has 1 aromatic rings. The van der Waals surface area contributed by atoms with Crippen molar-refractivity contribution in [1.29, 1.82) is 0 Å². The fraction of sp³-hybridized carbons (Fsp3) is 0.692. The lowest BCUT2D eigenvalue weighted by Gasteiger charge is -2.39. The Morgan fingerprint density at radius 1 is 1.50 bits per heavy atom. The summed E-state index contributed by atoms with van der Waals surface area (Å²) in [5, 5.41) is 0. The van der Waals surface area contributed by atoms with Gasteiger partial charge in [-0.1, -0.05) is 6.92 Å². The fourth-order valence-electron chi connectivity index (χ4n) is 2.68. The minimum absolute atomic E-state index is 0.580. The van der Waals surface area contributed by atoms with E-state index < -0.39 is 0 Å². The zero-order chi connectivity index (χ0) is 11.5. The summed E-state index contributed by atoms with van der Waals surface area (Å²) in [6.45, 7) is 7.61. The maximum atomic E-state index is 5.90. The number of nitrogens with two attached hydrogens (primary N) is 1. The van der Waals surface area contributed by atoms with Crippen LogP contribution in [-0.4, -0.2) is 24.0 Å². The number of hydrogen-bond donors (Lipinski definition) is 1. The molecule has 1 aliphatic rings. The first kappa shape index (κ1) is 12.1. The van der Waals surface area contributed by atoms with E-state index in [1.165, 1.54) is 29.1 Å². The van der Waals surface area contributed by atoms with Crippen molar-refractivity contribution in [3.05, 3.63) is 21.9 Å². The quantitative estimate of drug-likeness (QED) is 0.877. The van der Waals surface area contributed by atoms with E-state index >= 15 is 0 Å². The summed E-state index contributed by atoms with van der Waals surface area (Å²) >= 11 is 1.91. The highest BCUT2D eigenvalue weighted by atomic mass is 32.1. The molecule has 0 radical (unpaired) electrons. The van der Waals surface area contributed by atoms with Crippen molar-refractivity contribution in [2.75, 3.05) is 13.1 Å². The van der Waals surface area contributed by atoms with Gasteiger partial charge in [-0.25, -0.2) is 0 Å². The largest absolute Gasteiger partial charge is 0.329 e. The summed E-state index contributed by atoms with van der Waals surface area (Å²) in [7, 11) is 0. The highest BCUT2D eigenvalue weighted by molar-refractivity contribution is 7.11. The van der Waals surface area contributed by atoms with Crippen molar-refractivity contribution >= 4 is 11.3 Å². The van der Waals surface area contributed by atoms with Gasteiger partial charge in [0.2, 0.25) is 0 Å². The third-order valence-corrected chi connectivity index (χ3v) is 4.61. The van der Waals surface area contributed by atoms with Crippen LogP contribution in [0.1, 0.15) is 29.5 Å². The predicted octanol–water partition coefficient (Wildman–Crippen LogP) is 2.62. The number of nitrogens with zero attached hydrogens (tertiary/aromatic N) is 1. The Morgan fingerprint density at radius 2 is 2.31 bits per heavy atom. The van der Waals surface area contributed by atoms with Gasteiger partial charge in [-0.15, -0.1) is 11.3 Å². The highest BCUT2D eigenvalue weighted by Crippen LogP contribution is 2.26.